The van der Waals surface area contributed by atoms with Crippen molar-refractivity contribution in [3.05, 3.63) is 66.7 Å². The fourth-order valence-electron chi connectivity index (χ4n) is 2.35. The highest BCUT2D eigenvalue weighted by atomic mass is 15.1. The lowest BCUT2D eigenvalue weighted by Crippen LogP contribution is -2.05. The van der Waals surface area contributed by atoms with Crippen molar-refractivity contribution >= 4 is 28.4 Å². The van der Waals surface area contributed by atoms with Gasteiger partial charge >= 0.3 is 0 Å². The normalized spacial score (nSPS) is 10.7. The van der Waals surface area contributed by atoms with Crippen LogP contribution in [0.3, 0.4) is 0 Å². The summed E-state index contributed by atoms with van der Waals surface area (Å²) in [6.07, 6.45) is 5.28. The van der Waals surface area contributed by atoms with E-state index >= 15 is 0 Å². The minimum absolute atomic E-state index is 0.528. The van der Waals surface area contributed by atoms with Gasteiger partial charge in [0.25, 0.3) is 0 Å². The Balaban J connectivity index is 1.47. The molecule has 7 heteroatoms. The Morgan fingerprint density at radius 1 is 1.00 bits per heavy atom. The maximum Gasteiger partial charge on any atom is 0.229 e. The lowest BCUT2D eigenvalue weighted by atomic mass is 10.2. The molecule has 0 atom stereocenters. The third-order valence-electron chi connectivity index (χ3n) is 3.53. The predicted octanol–water partition coefficient (Wildman–Crippen LogP) is 3.10. The third-order valence-corrected chi connectivity index (χ3v) is 3.53. The number of fused-ring (bicyclic) bond motifs is 1. The second kappa shape index (κ2) is 6.33. The Hall–Kier alpha value is -3.48. The highest BCUT2D eigenvalue weighted by Crippen LogP contribution is 2.19. The molecular formula is C17H15N7. The molecule has 0 saturated heterocycles. The van der Waals surface area contributed by atoms with Crippen LogP contribution in [0, 0.1) is 0 Å². The fourth-order valence-corrected chi connectivity index (χ4v) is 2.35. The van der Waals surface area contributed by atoms with Gasteiger partial charge in [0.2, 0.25) is 5.95 Å². The van der Waals surface area contributed by atoms with Crippen molar-refractivity contribution in [3.63, 3.8) is 0 Å². The second-order valence-corrected chi connectivity index (χ2v) is 5.24. The molecule has 0 fully saturated rings. The molecule has 0 unspecified atom stereocenters. The van der Waals surface area contributed by atoms with Crippen LogP contribution in [0.25, 0.3) is 10.9 Å². The molecule has 7 nitrogen and oxygen atoms in total. The van der Waals surface area contributed by atoms with E-state index in [-0.39, 0.29) is 0 Å². The standard InChI is InChI=1S/C17H15N7/c1-2-7-18-14(3-1)11-20-16-6-8-19-17(23-16)22-13-5-4-12-10-21-24-15(12)9-13/h1-10H,11H2,(H,21,24)(H2,19,20,22,23). The SMILES string of the molecule is c1ccc(CNc2ccnc(Nc3ccc4cn[nH]c4c3)n2)nc1. The van der Waals surface area contributed by atoms with E-state index in [0.717, 1.165) is 28.1 Å². The molecular weight excluding hydrogens is 302 g/mol. The number of hydrogen-bond acceptors (Lipinski definition) is 6. The van der Waals surface area contributed by atoms with Crippen LogP contribution in [0.1, 0.15) is 5.69 Å². The van der Waals surface area contributed by atoms with Crippen LogP contribution < -0.4 is 10.6 Å². The monoisotopic (exact) mass is 317 g/mol. The number of rotatable bonds is 5. The number of pyridine rings is 1. The Morgan fingerprint density at radius 2 is 2.00 bits per heavy atom. The summed E-state index contributed by atoms with van der Waals surface area (Å²) >= 11 is 0. The first-order valence-corrected chi connectivity index (χ1v) is 7.54. The predicted molar refractivity (Wildman–Crippen MR) is 93.0 cm³/mol. The van der Waals surface area contributed by atoms with E-state index in [1.165, 1.54) is 0 Å². The van der Waals surface area contributed by atoms with Gasteiger partial charge in [-0.15, -0.1) is 0 Å². The number of aromatic amines is 1. The molecule has 3 heterocycles. The van der Waals surface area contributed by atoms with Gasteiger partial charge in [-0.1, -0.05) is 6.07 Å². The number of hydrogen-bond donors (Lipinski definition) is 3. The van der Waals surface area contributed by atoms with Gasteiger partial charge < -0.3 is 10.6 Å². The van der Waals surface area contributed by atoms with Crippen molar-refractivity contribution in [2.24, 2.45) is 0 Å². The van der Waals surface area contributed by atoms with E-state index in [4.69, 9.17) is 0 Å². The molecule has 0 aliphatic rings. The van der Waals surface area contributed by atoms with E-state index in [9.17, 15) is 0 Å². The van der Waals surface area contributed by atoms with E-state index in [1.807, 2.05) is 42.5 Å². The van der Waals surface area contributed by atoms with Gasteiger partial charge in [-0.2, -0.15) is 10.1 Å². The van der Waals surface area contributed by atoms with Crippen LogP contribution in [0.4, 0.5) is 17.5 Å². The van der Waals surface area contributed by atoms with Gasteiger partial charge in [0, 0.05) is 23.5 Å². The fraction of sp³-hybridized carbons (Fsp3) is 0.0588. The van der Waals surface area contributed by atoms with Crippen LogP contribution in [-0.4, -0.2) is 25.1 Å². The number of nitrogens with zero attached hydrogens (tertiary/aromatic N) is 4. The first kappa shape index (κ1) is 14.1. The lowest BCUT2D eigenvalue weighted by molar-refractivity contribution is 1.02. The van der Waals surface area contributed by atoms with E-state index < -0.39 is 0 Å². The molecule has 1 aromatic carbocycles. The van der Waals surface area contributed by atoms with Crippen LogP contribution >= 0.6 is 0 Å². The van der Waals surface area contributed by atoms with Gasteiger partial charge in [-0.3, -0.25) is 10.1 Å². The smallest absolute Gasteiger partial charge is 0.229 e. The molecule has 0 aliphatic heterocycles. The Bertz CT molecular complexity index is 949. The van der Waals surface area contributed by atoms with Gasteiger partial charge in [-0.05, 0) is 36.4 Å². The van der Waals surface area contributed by atoms with Crippen molar-refractivity contribution in [3.8, 4) is 0 Å². The van der Waals surface area contributed by atoms with Crippen LogP contribution in [0.2, 0.25) is 0 Å². The third kappa shape index (κ3) is 3.14. The molecule has 0 bridgehead atoms. The molecule has 24 heavy (non-hydrogen) atoms. The average molecular weight is 317 g/mol. The molecule has 4 aromatic rings. The molecule has 3 aromatic heterocycles. The minimum Gasteiger partial charge on any atom is -0.364 e. The average Bonchev–Trinajstić information content (AvgIpc) is 3.09. The number of anilines is 3. The van der Waals surface area contributed by atoms with Crippen LogP contribution in [0.5, 0.6) is 0 Å². The van der Waals surface area contributed by atoms with Crippen molar-refractivity contribution in [1.82, 2.24) is 25.1 Å². The number of H-pyrrole nitrogens is 1. The van der Waals surface area contributed by atoms with E-state index in [2.05, 4.69) is 35.8 Å². The van der Waals surface area contributed by atoms with Crippen molar-refractivity contribution < 1.29 is 0 Å². The molecule has 4 rings (SSSR count). The summed E-state index contributed by atoms with van der Waals surface area (Å²) in [5, 5.41) is 14.5. The van der Waals surface area contributed by atoms with Gasteiger partial charge in [0.05, 0.1) is 24.0 Å². The molecule has 0 saturated carbocycles. The lowest BCUT2D eigenvalue weighted by Gasteiger charge is -2.08. The highest BCUT2D eigenvalue weighted by molar-refractivity contribution is 5.82. The molecule has 0 spiro atoms. The summed E-state index contributed by atoms with van der Waals surface area (Å²) < 4.78 is 0. The van der Waals surface area contributed by atoms with Crippen molar-refractivity contribution in [2.75, 3.05) is 10.6 Å². The summed E-state index contributed by atoms with van der Waals surface area (Å²) in [4.78, 5) is 13.0. The first-order chi connectivity index (χ1) is 11.9. The number of aromatic nitrogens is 5. The minimum atomic E-state index is 0.528. The summed E-state index contributed by atoms with van der Waals surface area (Å²) in [7, 11) is 0. The zero-order valence-corrected chi connectivity index (χ0v) is 12.8. The second-order valence-electron chi connectivity index (χ2n) is 5.24. The van der Waals surface area contributed by atoms with E-state index in [0.29, 0.717) is 12.5 Å². The van der Waals surface area contributed by atoms with Crippen LogP contribution in [0.15, 0.2) is 61.1 Å². The first-order valence-electron chi connectivity index (χ1n) is 7.54. The Kier molecular flexibility index (Phi) is 3.73. The van der Waals surface area contributed by atoms with Crippen molar-refractivity contribution in [1.29, 1.82) is 0 Å². The topological polar surface area (TPSA) is 91.4 Å². The number of nitrogens with one attached hydrogen (secondary N) is 3. The molecule has 0 radical (unpaired) electrons. The van der Waals surface area contributed by atoms with Crippen molar-refractivity contribution in [2.45, 2.75) is 6.54 Å². The van der Waals surface area contributed by atoms with E-state index in [1.54, 1.807) is 18.6 Å². The van der Waals surface area contributed by atoms with Gasteiger partial charge in [-0.25, -0.2) is 4.98 Å². The molecule has 118 valence electrons. The summed E-state index contributed by atoms with van der Waals surface area (Å²) in [6, 6.07) is 13.6. The Morgan fingerprint density at radius 3 is 2.92 bits per heavy atom. The number of benzene rings is 1. The maximum atomic E-state index is 4.46. The zero-order chi connectivity index (χ0) is 16.2. The Labute approximate surface area is 138 Å². The van der Waals surface area contributed by atoms with Gasteiger partial charge in [0.15, 0.2) is 0 Å². The highest BCUT2D eigenvalue weighted by Gasteiger charge is 2.03. The molecule has 0 aliphatic carbocycles. The summed E-state index contributed by atoms with van der Waals surface area (Å²) in [5.74, 6) is 1.26. The zero-order valence-electron chi connectivity index (χ0n) is 12.8. The molecule has 3 N–H and O–H groups in total. The summed E-state index contributed by atoms with van der Waals surface area (Å²) in [5.41, 5.74) is 2.81. The largest absolute Gasteiger partial charge is 0.364 e. The van der Waals surface area contributed by atoms with Crippen LogP contribution in [-0.2, 0) is 6.54 Å². The molecule has 0 amide bonds. The summed E-state index contributed by atoms with van der Waals surface area (Å²) in [6.45, 7) is 0.609. The maximum absolute atomic E-state index is 4.46. The quantitative estimate of drug-likeness (QED) is 0.524. The van der Waals surface area contributed by atoms with Gasteiger partial charge in [0.1, 0.15) is 5.82 Å².